The number of hydrogen-bond acceptors (Lipinski definition) is 3. The molecule has 0 aromatic heterocycles. The van der Waals surface area contributed by atoms with E-state index in [2.05, 4.69) is 15.9 Å². The molecule has 1 aromatic carbocycles. The normalized spacial score (nSPS) is 15.5. The van der Waals surface area contributed by atoms with Crippen molar-refractivity contribution < 1.29 is 23.8 Å². The van der Waals surface area contributed by atoms with Crippen molar-refractivity contribution in [3.8, 4) is 11.5 Å². The summed E-state index contributed by atoms with van der Waals surface area (Å²) < 4.78 is 24.8. The van der Waals surface area contributed by atoms with E-state index in [1.54, 1.807) is 0 Å². The molecular weight excluding hydrogens is 295 g/mol. The van der Waals surface area contributed by atoms with Crippen molar-refractivity contribution in [3.63, 3.8) is 0 Å². The molecule has 1 unspecified atom stereocenters. The first-order valence-electron chi connectivity index (χ1n) is 5.02. The molecule has 0 fully saturated rings. The Balaban J connectivity index is 2.62. The molecule has 1 atom stereocenters. The molecule has 6 heteroatoms. The molecule has 0 aliphatic carbocycles. The van der Waals surface area contributed by atoms with Crippen LogP contribution >= 0.6 is 15.9 Å². The summed E-state index contributed by atoms with van der Waals surface area (Å²) >= 11 is 3.04. The highest BCUT2D eigenvalue weighted by Gasteiger charge is 2.29. The number of fused-ring (bicyclic) bond motifs is 1. The fourth-order valence-electron chi connectivity index (χ4n) is 1.67. The monoisotopic (exact) mass is 304 g/mol. The Hall–Kier alpha value is -1.30. The number of halogens is 2. The highest BCUT2D eigenvalue weighted by molar-refractivity contribution is 9.10. The highest BCUT2D eigenvalue weighted by atomic mass is 79.9. The van der Waals surface area contributed by atoms with Crippen LogP contribution in [0.2, 0.25) is 0 Å². The molecule has 17 heavy (non-hydrogen) atoms. The van der Waals surface area contributed by atoms with Gasteiger partial charge in [-0.1, -0.05) is 0 Å². The molecular formula is C11H10BrFO4. The first-order chi connectivity index (χ1) is 8.02. The minimum absolute atomic E-state index is 0.0153. The first kappa shape index (κ1) is 12.2. The maximum Gasteiger partial charge on any atom is 0.310 e. The second-order valence-corrected chi connectivity index (χ2v) is 4.52. The van der Waals surface area contributed by atoms with Crippen LogP contribution < -0.4 is 9.47 Å². The van der Waals surface area contributed by atoms with Gasteiger partial charge in [0, 0.05) is 11.6 Å². The summed E-state index contributed by atoms with van der Waals surface area (Å²) in [6.45, 7) is 2.06. The van der Waals surface area contributed by atoms with E-state index in [4.69, 9.17) is 14.6 Å². The average Bonchev–Trinajstić information content (AvgIpc) is 2.30. The molecule has 4 nitrogen and oxygen atoms in total. The quantitative estimate of drug-likeness (QED) is 0.912. The van der Waals surface area contributed by atoms with Crippen molar-refractivity contribution in [1.29, 1.82) is 0 Å². The zero-order valence-corrected chi connectivity index (χ0v) is 10.6. The maximum absolute atomic E-state index is 14.0. The third-order valence-corrected chi connectivity index (χ3v) is 3.14. The van der Waals surface area contributed by atoms with Gasteiger partial charge in [0.1, 0.15) is 19.0 Å². The summed E-state index contributed by atoms with van der Waals surface area (Å²) in [6, 6.07) is 1.45. The minimum Gasteiger partial charge on any atom is -0.486 e. The van der Waals surface area contributed by atoms with Gasteiger partial charge < -0.3 is 14.6 Å². The summed E-state index contributed by atoms with van der Waals surface area (Å²) in [5.74, 6) is -2.18. The number of carboxylic acids is 1. The van der Waals surface area contributed by atoms with Crippen molar-refractivity contribution in [2.24, 2.45) is 0 Å². The number of rotatable bonds is 2. The van der Waals surface area contributed by atoms with E-state index in [9.17, 15) is 9.18 Å². The van der Waals surface area contributed by atoms with Crippen molar-refractivity contribution in [2.45, 2.75) is 12.8 Å². The fraction of sp³-hybridized carbons (Fsp3) is 0.364. The Morgan fingerprint density at radius 2 is 2.18 bits per heavy atom. The second kappa shape index (κ2) is 4.52. The Labute approximate surface area is 105 Å². The Morgan fingerprint density at radius 3 is 2.82 bits per heavy atom. The van der Waals surface area contributed by atoms with Crippen molar-refractivity contribution in [3.05, 3.63) is 21.9 Å². The number of aliphatic carboxylic acids is 1. The number of benzene rings is 1. The van der Waals surface area contributed by atoms with Crippen molar-refractivity contribution >= 4 is 21.9 Å². The van der Waals surface area contributed by atoms with E-state index < -0.39 is 17.7 Å². The zero-order valence-electron chi connectivity index (χ0n) is 9.00. The maximum atomic E-state index is 14.0. The molecule has 92 valence electrons. The second-order valence-electron chi connectivity index (χ2n) is 3.67. The topological polar surface area (TPSA) is 55.8 Å². The van der Waals surface area contributed by atoms with Crippen LogP contribution in [0.5, 0.6) is 11.5 Å². The van der Waals surface area contributed by atoms with Gasteiger partial charge in [-0.15, -0.1) is 0 Å². The average molecular weight is 305 g/mol. The summed E-state index contributed by atoms with van der Waals surface area (Å²) in [7, 11) is 0. The van der Waals surface area contributed by atoms with Crippen LogP contribution in [0.3, 0.4) is 0 Å². The van der Waals surface area contributed by atoms with Gasteiger partial charge in [0.15, 0.2) is 11.5 Å². The van der Waals surface area contributed by atoms with Crippen molar-refractivity contribution in [1.82, 2.24) is 0 Å². The van der Waals surface area contributed by atoms with Crippen LogP contribution in [0.4, 0.5) is 4.39 Å². The number of carbonyl (C=O) groups is 1. The van der Waals surface area contributed by atoms with Crippen LogP contribution in [0, 0.1) is 5.82 Å². The van der Waals surface area contributed by atoms with E-state index in [0.717, 1.165) is 0 Å². The first-order valence-corrected chi connectivity index (χ1v) is 5.82. The molecule has 2 rings (SSSR count). The van der Waals surface area contributed by atoms with Gasteiger partial charge in [-0.05, 0) is 22.9 Å². The largest absolute Gasteiger partial charge is 0.486 e. The van der Waals surface area contributed by atoms with E-state index in [1.165, 1.54) is 13.0 Å². The lowest BCUT2D eigenvalue weighted by molar-refractivity contribution is -0.138. The van der Waals surface area contributed by atoms with Gasteiger partial charge in [-0.25, -0.2) is 4.39 Å². The molecule has 1 aliphatic heterocycles. The SMILES string of the molecule is CC(C(=O)O)c1c(F)c(Br)cc2c1OCCO2. The van der Waals surface area contributed by atoms with Gasteiger partial charge in [0.2, 0.25) is 0 Å². The lowest BCUT2D eigenvalue weighted by Gasteiger charge is -2.23. The molecule has 1 aromatic rings. The Bertz CT molecular complexity index is 475. The van der Waals surface area contributed by atoms with Crippen molar-refractivity contribution in [2.75, 3.05) is 13.2 Å². The molecule has 0 radical (unpaired) electrons. The third-order valence-electron chi connectivity index (χ3n) is 2.56. The van der Waals surface area contributed by atoms with Crippen LogP contribution in [0.15, 0.2) is 10.5 Å². The van der Waals surface area contributed by atoms with Crippen LogP contribution in [0.25, 0.3) is 0 Å². The van der Waals surface area contributed by atoms with E-state index >= 15 is 0 Å². The lowest BCUT2D eigenvalue weighted by atomic mass is 9.99. The number of hydrogen-bond donors (Lipinski definition) is 1. The third kappa shape index (κ3) is 2.09. The molecule has 1 aliphatic rings. The summed E-state index contributed by atoms with van der Waals surface area (Å²) in [5, 5.41) is 8.97. The summed E-state index contributed by atoms with van der Waals surface area (Å²) in [4.78, 5) is 11.0. The Morgan fingerprint density at radius 1 is 1.53 bits per heavy atom. The molecule has 0 spiro atoms. The van der Waals surface area contributed by atoms with Gasteiger partial charge in [0.05, 0.1) is 10.4 Å². The van der Waals surface area contributed by atoms with E-state index in [0.29, 0.717) is 12.4 Å². The smallest absolute Gasteiger partial charge is 0.310 e. The zero-order chi connectivity index (χ0) is 12.6. The van der Waals surface area contributed by atoms with Crippen LogP contribution in [0.1, 0.15) is 18.4 Å². The van der Waals surface area contributed by atoms with Gasteiger partial charge >= 0.3 is 5.97 Å². The predicted molar refractivity (Wildman–Crippen MR) is 61.1 cm³/mol. The molecule has 0 bridgehead atoms. The lowest BCUT2D eigenvalue weighted by Crippen LogP contribution is -2.20. The highest BCUT2D eigenvalue weighted by Crippen LogP contribution is 2.42. The van der Waals surface area contributed by atoms with Gasteiger partial charge in [0.25, 0.3) is 0 Å². The standard InChI is InChI=1S/C11H10BrFO4/c1-5(11(14)15)8-9(13)6(12)4-7-10(8)17-3-2-16-7/h4-5H,2-3H2,1H3,(H,14,15). The van der Waals surface area contributed by atoms with Gasteiger partial charge in [-0.2, -0.15) is 0 Å². The minimum atomic E-state index is -1.11. The van der Waals surface area contributed by atoms with Crippen LogP contribution in [-0.4, -0.2) is 24.3 Å². The molecule has 0 amide bonds. The summed E-state index contributed by atoms with van der Waals surface area (Å²) in [6.07, 6.45) is 0. The fourth-order valence-corrected chi connectivity index (χ4v) is 2.09. The Kier molecular flexibility index (Phi) is 3.24. The number of carboxylic acid groups (broad SMARTS) is 1. The van der Waals surface area contributed by atoms with E-state index in [1.807, 2.05) is 0 Å². The predicted octanol–water partition coefficient (Wildman–Crippen LogP) is 2.55. The van der Waals surface area contributed by atoms with Crippen LogP contribution in [-0.2, 0) is 4.79 Å². The van der Waals surface area contributed by atoms with Gasteiger partial charge in [-0.3, -0.25) is 4.79 Å². The summed E-state index contributed by atoms with van der Waals surface area (Å²) in [5.41, 5.74) is 0.0153. The molecule has 1 N–H and O–H groups in total. The van der Waals surface area contributed by atoms with E-state index in [-0.39, 0.29) is 22.4 Å². The molecule has 0 saturated carbocycles. The molecule has 0 saturated heterocycles. The number of ether oxygens (including phenoxy) is 2. The molecule has 1 heterocycles.